The van der Waals surface area contributed by atoms with Gasteiger partial charge in [-0.25, -0.2) is 0 Å². The molecule has 0 radical (unpaired) electrons. The van der Waals surface area contributed by atoms with E-state index in [1.807, 2.05) is 24.3 Å². The zero-order valence-corrected chi connectivity index (χ0v) is 13.8. The minimum atomic E-state index is 0.397. The Morgan fingerprint density at radius 3 is 1.41 bits per heavy atom. The zero-order chi connectivity index (χ0) is 15.9. The van der Waals surface area contributed by atoms with Crippen LogP contribution in [-0.4, -0.2) is 0 Å². The van der Waals surface area contributed by atoms with Gasteiger partial charge in [0.1, 0.15) is 0 Å². The second-order valence-electron chi connectivity index (χ2n) is 6.03. The van der Waals surface area contributed by atoms with Crippen molar-refractivity contribution in [3.63, 3.8) is 0 Å². The summed E-state index contributed by atoms with van der Waals surface area (Å²) in [6, 6.07) is 16.6. The lowest BCUT2D eigenvalue weighted by Gasteiger charge is -2.03. The molecule has 0 aliphatic rings. The molecular formula is C22H22. The maximum atomic E-state index is 3.21. The molecule has 0 heterocycles. The van der Waals surface area contributed by atoms with Crippen LogP contribution in [0.1, 0.15) is 55.9 Å². The van der Waals surface area contributed by atoms with Gasteiger partial charge in [-0.1, -0.05) is 63.5 Å². The van der Waals surface area contributed by atoms with E-state index in [0.29, 0.717) is 11.8 Å². The molecule has 0 atom stereocenters. The Bertz CT molecular complexity index is 721. The number of benzene rings is 2. The van der Waals surface area contributed by atoms with Gasteiger partial charge in [-0.3, -0.25) is 0 Å². The lowest BCUT2D eigenvalue weighted by molar-refractivity contribution is 0.866. The van der Waals surface area contributed by atoms with Gasteiger partial charge in [-0.2, -0.15) is 0 Å². The van der Waals surface area contributed by atoms with E-state index in [1.54, 1.807) is 0 Å². The highest BCUT2D eigenvalue weighted by Crippen LogP contribution is 2.14. The van der Waals surface area contributed by atoms with E-state index in [4.69, 9.17) is 0 Å². The van der Waals surface area contributed by atoms with E-state index in [0.717, 1.165) is 16.7 Å². The fourth-order valence-corrected chi connectivity index (χ4v) is 1.96. The third-order valence-electron chi connectivity index (χ3n) is 3.32. The molecule has 0 aliphatic carbocycles. The van der Waals surface area contributed by atoms with Crippen LogP contribution < -0.4 is 0 Å². The molecule has 0 N–H and O–H groups in total. The summed E-state index contributed by atoms with van der Waals surface area (Å²) in [5.74, 6) is 13.7. The average molecular weight is 286 g/mol. The highest BCUT2D eigenvalue weighted by atomic mass is 14.0. The summed E-state index contributed by atoms with van der Waals surface area (Å²) < 4.78 is 0. The van der Waals surface area contributed by atoms with Crippen molar-refractivity contribution in [2.75, 3.05) is 0 Å². The molecule has 0 saturated carbocycles. The third-order valence-corrected chi connectivity index (χ3v) is 3.32. The SMILES string of the molecule is CC(C)C#Cc1ccc(C#Cc2ccc(C(C)C)cc2)cc1. The Hall–Kier alpha value is -2.44. The molecule has 0 fully saturated rings. The average Bonchev–Trinajstić information content (AvgIpc) is 2.52. The van der Waals surface area contributed by atoms with Crippen LogP contribution in [0.15, 0.2) is 48.5 Å². The number of rotatable bonds is 1. The molecule has 0 amide bonds. The summed E-state index contributed by atoms with van der Waals surface area (Å²) in [5.41, 5.74) is 4.45. The highest BCUT2D eigenvalue weighted by Gasteiger charge is 1.97. The molecule has 2 aromatic carbocycles. The monoisotopic (exact) mass is 286 g/mol. The van der Waals surface area contributed by atoms with Gasteiger partial charge in [0.25, 0.3) is 0 Å². The Kier molecular flexibility index (Phi) is 5.46. The normalized spacial score (nSPS) is 9.91. The van der Waals surface area contributed by atoms with Crippen LogP contribution in [0.5, 0.6) is 0 Å². The van der Waals surface area contributed by atoms with E-state index >= 15 is 0 Å². The van der Waals surface area contributed by atoms with Crippen LogP contribution in [0.25, 0.3) is 0 Å². The minimum Gasteiger partial charge on any atom is -0.0951 e. The summed E-state index contributed by atoms with van der Waals surface area (Å²) in [6.45, 7) is 8.59. The van der Waals surface area contributed by atoms with Crippen molar-refractivity contribution in [1.29, 1.82) is 0 Å². The van der Waals surface area contributed by atoms with E-state index in [1.165, 1.54) is 5.56 Å². The zero-order valence-electron chi connectivity index (χ0n) is 13.8. The first kappa shape index (κ1) is 15.9. The maximum Gasteiger partial charge on any atom is 0.0249 e. The van der Waals surface area contributed by atoms with E-state index in [-0.39, 0.29) is 0 Å². The summed E-state index contributed by atoms with van der Waals surface area (Å²) in [7, 11) is 0. The predicted octanol–water partition coefficient (Wildman–Crippen LogP) is 5.22. The topological polar surface area (TPSA) is 0 Å². The van der Waals surface area contributed by atoms with Crippen molar-refractivity contribution in [3.8, 4) is 23.7 Å². The fraction of sp³-hybridized carbons (Fsp3) is 0.273. The lowest BCUT2D eigenvalue weighted by atomic mass is 10.0. The Morgan fingerprint density at radius 2 is 1.00 bits per heavy atom. The maximum absolute atomic E-state index is 3.21. The second-order valence-corrected chi connectivity index (χ2v) is 6.03. The minimum absolute atomic E-state index is 0.397. The summed E-state index contributed by atoms with van der Waals surface area (Å²) >= 11 is 0. The molecule has 2 rings (SSSR count). The molecule has 0 spiro atoms. The van der Waals surface area contributed by atoms with Gasteiger partial charge < -0.3 is 0 Å². The molecule has 0 saturated heterocycles. The molecular weight excluding hydrogens is 264 g/mol. The van der Waals surface area contributed by atoms with Gasteiger partial charge in [0.15, 0.2) is 0 Å². The van der Waals surface area contributed by atoms with Crippen LogP contribution in [0.2, 0.25) is 0 Å². The summed E-state index contributed by atoms with van der Waals surface area (Å²) in [4.78, 5) is 0. The fourth-order valence-electron chi connectivity index (χ4n) is 1.96. The summed E-state index contributed by atoms with van der Waals surface area (Å²) in [5, 5.41) is 0. The Labute approximate surface area is 134 Å². The van der Waals surface area contributed by atoms with Crippen molar-refractivity contribution < 1.29 is 0 Å². The number of hydrogen-bond donors (Lipinski definition) is 0. The van der Waals surface area contributed by atoms with Crippen LogP contribution in [0, 0.1) is 29.6 Å². The first-order valence-electron chi connectivity index (χ1n) is 7.78. The van der Waals surface area contributed by atoms with Crippen LogP contribution >= 0.6 is 0 Å². The van der Waals surface area contributed by atoms with Gasteiger partial charge in [0, 0.05) is 22.6 Å². The van der Waals surface area contributed by atoms with Crippen molar-refractivity contribution in [2.45, 2.75) is 33.6 Å². The third kappa shape index (κ3) is 4.83. The van der Waals surface area contributed by atoms with Gasteiger partial charge in [-0.05, 0) is 47.9 Å². The van der Waals surface area contributed by atoms with Crippen molar-refractivity contribution in [1.82, 2.24) is 0 Å². The van der Waals surface area contributed by atoms with Crippen molar-refractivity contribution in [3.05, 3.63) is 70.8 Å². The molecule has 0 unspecified atom stereocenters. The molecule has 22 heavy (non-hydrogen) atoms. The molecule has 0 heteroatoms. The Morgan fingerprint density at radius 1 is 0.591 bits per heavy atom. The standard InChI is InChI=1S/C22H22/c1-17(2)5-6-19-7-9-20(10-8-19)11-12-21-13-15-22(16-14-21)18(3)4/h7-10,13-18H,1-4H3. The smallest absolute Gasteiger partial charge is 0.0249 e. The lowest BCUT2D eigenvalue weighted by Crippen LogP contribution is -1.86. The Balaban J connectivity index is 2.10. The quantitative estimate of drug-likeness (QED) is 0.631. The van der Waals surface area contributed by atoms with Crippen LogP contribution in [0.4, 0.5) is 0 Å². The highest BCUT2D eigenvalue weighted by molar-refractivity contribution is 5.46. The first-order valence-corrected chi connectivity index (χ1v) is 7.78. The molecule has 0 nitrogen and oxygen atoms in total. The van der Waals surface area contributed by atoms with Gasteiger partial charge in [0.2, 0.25) is 0 Å². The summed E-state index contributed by atoms with van der Waals surface area (Å²) in [6.07, 6.45) is 0. The molecule has 2 aromatic rings. The van der Waals surface area contributed by atoms with E-state index in [9.17, 15) is 0 Å². The predicted molar refractivity (Wildman–Crippen MR) is 94.7 cm³/mol. The van der Waals surface area contributed by atoms with Gasteiger partial charge >= 0.3 is 0 Å². The van der Waals surface area contributed by atoms with Crippen molar-refractivity contribution in [2.24, 2.45) is 5.92 Å². The molecule has 0 aliphatic heterocycles. The first-order chi connectivity index (χ1) is 10.5. The number of hydrogen-bond acceptors (Lipinski definition) is 0. The molecule has 0 bridgehead atoms. The van der Waals surface area contributed by atoms with Gasteiger partial charge in [-0.15, -0.1) is 0 Å². The second kappa shape index (κ2) is 7.53. The van der Waals surface area contributed by atoms with Gasteiger partial charge in [0.05, 0.1) is 0 Å². The van der Waals surface area contributed by atoms with E-state index in [2.05, 4.69) is 75.6 Å². The molecule has 110 valence electrons. The van der Waals surface area contributed by atoms with Crippen LogP contribution in [0.3, 0.4) is 0 Å². The largest absolute Gasteiger partial charge is 0.0951 e. The van der Waals surface area contributed by atoms with Crippen LogP contribution in [-0.2, 0) is 0 Å². The van der Waals surface area contributed by atoms with Crippen molar-refractivity contribution >= 4 is 0 Å². The van der Waals surface area contributed by atoms with E-state index < -0.39 is 0 Å². The molecule has 0 aromatic heterocycles.